The van der Waals surface area contributed by atoms with Crippen LogP contribution in [0.4, 0.5) is 0 Å². The highest BCUT2D eigenvalue weighted by Crippen LogP contribution is 1.89. The van der Waals surface area contributed by atoms with Crippen LogP contribution in [0.1, 0.15) is 17.4 Å². The minimum absolute atomic E-state index is 0.0853. The maximum atomic E-state index is 11.6. The van der Waals surface area contributed by atoms with E-state index in [1.54, 1.807) is 0 Å². The molecule has 1 aromatic heterocycles. The Morgan fingerprint density at radius 3 is 2.67 bits per heavy atom. The molecule has 0 fully saturated rings. The Bertz CT molecular complexity index is 520. The summed E-state index contributed by atoms with van der Waals surface area (Å²) in [4.78, 5) is 52.2. The number of aldehydes is 1. The predicted molar refractivity (Wildman–Crippen MR) is 71.0 cm³/mol. The zero-order chi connectivity index (χ0) is 15.7. The Morgan fingerprint density at radius 2 is 2.05 bits per heavy atom. The first-order valence-corrected chi connectivity index (χ1v) is 6.09. The summed E-state index contributed by atoms with van der Waals surface area (Å²) in [6.07, 6.45) is 4.58. The van der Waals surface area contributed by atoms with Crippen molar-refractivity contribution in [3.8, 4) is 0 Å². The first-order chi connectivity index (χ1) is 10.0. The second-order valence-electron chi connectivity index (χ2n) is 3.97. The van der Waals surface area contributed by atoms with Crippen LogP contribution in [0.2, 0.25) is 0 Å². The third-order valence-electron chi connectivity index (χ3n) is 2.34. The standard InChI is InChI=1S/C12H15N5O4/c1-8(11(20)15-4-5-18)17-10(19)7-16-12(21)9-6-13-2-3-14-9/h2-3,5-6,8H,4,7H2,1H3,(H,15,20)(H,16,21)(H,17,19). The Balaban J connectivity index is 2.35. The molecule has 0 aliphatic rings. The van der Waals surface area contributed by atoms with Crippen LogP contribution in [0.25, 0.3) is 0 Å². The number of nitrogens with one attached hydrogen (secondary N) is 3. The molecule has 0 saturated heterocycles. The van der Waals surface area contributed by atoms with Crippen molar-refractivity contribution >= 4 is 24.0 Å². The van der Waals surface area contributed by atoms with Gasteiger partial charge in [-0.25, -0.2) is 4.98 Å². The smallest absolute Gasteiger partial charge is 0.271 e. The van der Waals surface area contributed by atoms with Crippen LogP contribution in [0, 0.1) is 0 Å². The Labute approximate surface area is 120 Å². The van der Waals surface area contributed by atoms with E-state index in [4.69, 9.17) is 0 Å². The van der Waals surface area contributed by atoms with E-state index in [1.165, 1.54) is 25.5 Å². The van der Waals surface area contributed by atoms with Crippen molar-refractivity contribution in [2.45, 2.75) is 13.0 Å². The number of nitrogens with zero attached hydrogens (tertiary/aromatic N) is 2. The van der Waals surface area contributed by atoms with Crippen molar-refractivity contribution < 1.29 is 19.2 Å². The average molecular weight is 293 g/mol. The zero-order valence-corrected chi connectivity index (χ0v) is 11.3. The van der Waals surface area contributed by atoms with Crippen LogP contribution in [0.5, 0.6) is 0 Å². The molecular weight excluding hydrogens is 278 g/mol. The van der Waals surface area contributed by atoms with Crippen molar-refractivity contribution in [2.24, 2.45) is 0 Å². The predicted octanol–water partition coefficient (Wildman–Crippen LogP) is -1.97. The van der Waals surface area contributed by atoms with E-state index in [-0.39, 0.29) is 18.8 Å². The molecule has 21 heavy (non-hydrogen) atoms. The van der Waals surface area contributed by atoms with Crippen molar-refractivity contribution in [2.75, 3.05) is 13.1 Å². The van der Waals surface area contributed by atoms with Gasteiger partial charge >= 0.3 is 0 Å². The Hall–Kier alpha value is -2.84. The Kier molecular flexibility index (Phi) is 6.45. The molecule has 1 atom stereocenters. The first kappa shape index (κ1) is 16.2. The lowest BCUT2D eigenvalue weighted by Gasteiger charge is -2.13. The third kappa shape index (κ3) is 5.76. The summed E-state index contributed by atoms with van der Waals surface area (Å²) in [6, 6.07) is -0.814. The molecule has 0 saturated carbocycles. The van der Waals surface area contributed by atoms with Crippen LogP contribution in [0.15, 0.2) is 18.6 Å². The van der Waals surface area contributed by atoms with Gasteiger partial charge in [-0.3, -0.25) is 19.4 Å². The highest BCUT2D eigenvalue weighted by molar-refractivity contribution is 5.95. The Morgan fingerprint density at radius 1 is 1.29 bits per heavy atom. The van der Waals surface area contributed by atoms with Gasteiger partial charge in [0.1, 0.15) is 18.0 Å². The van der Waals surface area contributed by atoms with Crippen molar-refractivity contribution in [1.29, 1.82) is 0 Å². The summed E-state index contributed by atoms with van der Waals surface area (Å²) < 4.78 is 0. The minimum atomic E-state index is -0.814. The molecule has 0 aromatic carbocycles. The summed E-state index contributed by atoms with van der Waals surface area (Å²) in [5.74, 6) is -1.58. The van der Waals surface area contributed by atoms with Gasteiger partial charge in [-0.2, -0.15) is 0 Å². The highest BCUT2D eigenvalue weighted by atomic mass is 16.2. The molecule has 3 N–H and O–H groups in total. The molecule has 0 radical (unpaired) electrons. The number of rotatable bonds is 7. The molecule has 9 nitrogen and oxygen atoms in total. The first-order valence-electron chi connectivity index (χ1n) is 6.09. The lowest BCUT2D eigenvalue weighted by atomic mass is 10.3. The fourth-order valence-electron chi connectivity index (χ4n) is 1.32. The van der Waals surface area contributed by atoms with Gasteiger partial charge in [0.05, 0.1) is 19.3 Å². The van der Waals surface area contributed by atoms with Gasteiger partial charge in [0.15, 0.2) is 0 Å². The van der Waals surface area contributed by atoms with Gasteiger partial charge in [-0.05, 0) is 6.92 Å². The topological polar surface area (TPSA) is 130 Å². The van der Waals surface area contributed by atoms with Gasteiger partial charge in [0, 0.05) is 12.4 Å². The van der Waals surface area contributed by atoms with E-state index in [0.717, 1.165) is 0 Å². The van der Waals surface area contributed by atoms with Gasteiger partial charge in [0.2, 0.25) is 11.8 Å². The zero-order valence-electron chi connectivity index (χ0n) is 11.3. The summed E-state index contributed by atoms with van der Waals surface area (Å²) in [6.45, 7) is 1.03. The quantitative estimate of drug-likeness (QED) is 0.500. The molecule has 0 bridgehead atoms. The van der Waals surface area contributed by atoms with Crippen LogP contribution < -0.4 is 16.0 Å². The number of hydrogen-bond acceptors (Lipinski definition) is 6. The normalized spacial score (nSPS) is 11.1. The second-order valence-corrected chi connectivity index (χ2v) is 3.97. The van der Waals surface area contributed by atoms with Crippen LogP contribution in [-0.2, 0) is 14.4 Å². The fraction of sp³-hybridized carbons (Fsp3) is 0.333. The SMILES string of the molecule is CC(NC(=O)CNC(=O)c1cnccn1)C(=O)NCC=O. The minimum Gasteiger partial charge on any atom is -0.348 e. The number of carbonyl (C=O) groups is 4. The lowest BCUT2D eigenvalue weighted by molar-refractivity contribution is -0.128. The van der Waals surface area contributed by atoms with Crippen LogP contribution in [0.3, 0.4) is 0 Å². The molecule has 1 unspecified atom stereocenters. The maximum absolute atomic E-state index is 11.6. The highest BCUT2D eigenvalue weighted by Gasteiger charge is 2.15. The number of amides is 3. The second kappa shape index (κ2) is 8.35. The van der Waals surface area contributed by atoms with E-state index >= 15 is 0 Å². The summed E-state index contributed by atoms with van der Waals surface area (Å²) in [5, 5.41) is 7.02. The summed E-state index contributed by atoms with van der Waals surface area (Å²) in [7, 11) is 0. The van der Waals surface area contributed by atoms with E-state index in [1.807, 2.05) is 0 Å². The van der Waals surface area contributed by atoms with Gasteiger partial charge in [-0.15, -0.1) is 0 Å². The number of carbonyl (C=O) groups excluding carboxylic acids is 4. The van der Waals surface area contributed by atoms with E-state index in [9.17, 15) is 19.2 Å². The molecule has 3 amide bonds. The fourth-order valence-corrected chi connectivity index (χ4v) is 1.32. The van der Waals surface area contributed by atoms with Crippen molar-refractivity contribution in [3.05, 3.63) is 24.3 Å². The lowest BCUT2D eigenvalue weighted by Crippen LogP contribution is -2.48. The van der Waals surface area contributed by atoms with E-state index in [0.29, 0.717) is 6.29 Å². The summed E-state index contributed by atoms with van der Waals surface area (Å²) >= 11 is 0. The molecule has 1 rings (SSSR count). The van der Waals surface area contributed by atoms with Crippen molar-refractivity contribution in [1.82, 2.24) is 25.9 Å². The third-order valence-corrected chi connectivity index (χ3v) is 2.34. The van der Waals surface area contributed by atoms with Gasteiger partial charge in [-0.1, -0.05) is 0 Å². The van der Waals surface area contributed by atoms with Crippen LogP contribution in [-0.4, -0.2) is 53.1 Å². The number of hydrogen-bond donors (Lipinski definition) is 3. The largest absolute Gasteiger partial charge is 0.348 e. The molecule has 112 valence electrons. The van der Waals surface area contributed by atoms with Crippen LogP contribution >= 0.6 is 0 Å². The molecule has 1 heterocycles. The van der Waals surface area contributed by atoms with E-state index < -0.39 is 23.8 Å². The average Bonchev–Trinajstić information content (AvgIpc) is 2.50. The molecule has 0 spiro atoms. The van der Waals surface area contributed by atoms with Gasteiger partial charge in [0.25, 0.3) is 5.91 Å². The summed E-state index contributed by atoms with van der Waals surface area (Å²) in [5.41, 5.74) is 0.0853. The molecular formula is C12H15N5O4. The monoisotopic (exact) mass is 293 g/mol. The molecule has 0 aliphatic carbocycles. The molecule has 9 heteroatoms. The van der Waals surface area contributed by atoms with Gasteiger partial charge < -0.3 is 20.7 Å². The van der Waals surface area contributed by atoms with Crippen molar-refractivity contribution in [3.63, 3.8) is 0 Å². The molecule has 0 aliphatic heterocycles. The maximum Gasteiger partial charge on any atom is 0.271 e. The number of aromatic nitrogens is 2. The van der Waals surface area contributed by atoms with E-state index in [2.05, 4.69) is 25.9 Å². The molecule has 1 aromatic rings.